The summed E-state index contributed by atoms with van der Waals surface area (Å²) in [5.41, 5.74) is -0.152. The summed E-state index contributed by atoms with van der Waals surface area (Å²) in [6.45, 7) is 2.16. The summed E-state index contributed by atoms with van der Waals surface area (Å²) in [6.07, 6.45) is 2.43. The lowest BCUT2D eigenvalue weighted by atomic mass is 10.4. The lowest BCUT2D eigenvalue weighted by Gasteiger charge is -1.94. The van der Waals surface area contributed by atoms with E-state index in [0.29, 0.717) is 0 Å². The van der Waals surface area contributed by atoms with E-state index in [4.69, 9.17) is 4.52 Å². The number of rotatable bonds is 5. The average molecular weight is 187 g/mol. The van der Waals surface area contributed by atoms with Gasteiger partial charge in [-0.3, -0.25) is 4.79 Å². The zero-order chi connectivity index (χ0) is 8.81. The summed E-state index contributed by atoms with van der Waals surface area (Å²) < 4.78 is 4.89. The Kier molecular flexibility index (Phi) is 4.00. The Morgan fingerprint density at radius 2 is 2.50 bits per heavy atom. The van der Waals surface area contributed by atoms with E-state index >= 15 is 0 Å². The number of unbranched alkanes of at least 4 members (excludes halogenated alkanes) is 1. The van der Waals surface area contributed by atoms with Crippen LogP contribution < -0.4 is 5.56 Å². The van der Waals surface area contributed by atoms with E-state index in [1.54, 1.807) is 11.8 Å². The van der Waals surface area contributed by atoms with E-state index in [2.05, 4.69) is 12.1 Å². The molecule has 0 saturated carbocycles. The second kappa shape index (κ2) is 5.09. The van der Waals surface area contributed by atoms with Crippen LogP contribution in [0.25, 0.3) is 0 Å². The van der Waals surface area contributed by atoms with Crippen LogP contribution in [0.5, 0.6) is 0 Å². The lowest BCUT2D eigenvalue weighted by molar-refractivity contribution is 0.390. The van der Waals surface area contributed by atoms with Crippen LogP contribution in [0.4, 0.5) is 0 Å². The Morgan fingerprint density at radius 3 is 3.08 bits per heavy atom. The van der Waals surface area contributed by atoms with Gasteiger partial charge in [-0.1, -0.05) is 13.3 Å². The fraction of sp³-hybridized carbons (Fsp3) is 0.625. The molecule has 68 valence electrons. The van der Waals surface area contributed by atoms with Crippen LogP contribution in [-0.4, -0.2) is 10.9 Å². The smallest absolute Gasteiger partial charge is 0.280 e. The third-order valence-electron chi connectivity index (χ3n) is 1.46. The quantitative estimate of drug-likeness (QED) is 0.717. The van der Waals surface area contributed by atoms with E-state index in [1.807, 2.05) is 0 Å². The fourth-order valence-corrected chi connectivity index (χ4v) is 1.79. The normalized spacial score (nSPS) is 10.4. The molecule has 0 aliphatic carbocycles. The zero-order valence-corrected chi connectivity index (χ0v) is 7.95. The molecule has 1 aromatic rings. The third-order valence-corrected chi connectivity index (χ3v) is 2.53. The molecule has 3 nitrogen and oxygen atoms in total. The number of aromatic nitrogens is 1. The van der Waals surface area contributed by atoms with Gasteiger partial charge in [-0.2, -0.15) is 16.9 Å². The molecule has 12 heavy (non-hydrogen) atoms. The Hall–Kier alpha value is -0.640. The Morgan fingerprint density at radius 1 is 1.67 bits per heavy atom. The molecule has 0 bridgehead atoms. The molecular weight excluding hydrogens is 174 g/mol. The maximum Gasteiger partial charge on any atom is 0.280 e. The maximum absolute atomic E-state index is 10.6. The minimum absolute atomic E-state index is 0.152. The van der Waals surface area contributed by atoms with Gasteiger partial charge < -0.3 is 4.52 Å². The summed E-state index contributed by atoms with van der Waals surface area (Å²) in [5, 5.41) is 2.27. The minimum atomic E-state index is -0.152. The van der Waals surface area contributed by atoms with Gasteiger partial charge in [-0.15, -0.1) is 0 Å². The number of aromatic amines is 1. The van der Waals surface area contributed by atoms with Crippen molar-refractivity contribution in [1.29, 1.82) is 0 Å². The van der Waals surface area contributed by atoms with E-state index in [9.17, 15) is 4.79 Å². The van der Waals surface area contributed by atoms with Gasteiger partial charge in [0.25, 0.3) is 5.56 Å². The maximum atomic E-state index is 10.6. The van der Waals surface area contributed by atoms with Crippen molar-refractivity contribution < 1.29 is 4.52 Å². The van der Waals surface area contributed by atoms with Crippen molar-refractivity contribution in [2.75, 3.05) is 5.75 Å². The molecule has 1 rings (SSSR count). The van der Waals surface area contributed by atoms with Gasteiger partial charge in [-0.05, 0) is 12.2 Å². The molecule has 0 amide bonds. The summed E-state index contributed by atoms with van der Waals surface area (Å²) in [7, 11) is 0. The van der Waals surface area contributed by atoms with Gasteiger partial charge in [0, 0.05) is 6.07 Å². The van der Waals surface area contributed by atoms with E-state index in [0.717, 1.165) is 17.3 Å². The molecule has 1 aromatic heterocycles. The molecule has 0 aromatic carbocycles. The van der Waals surface area contributed by atoms with Gasteiger partial charge in [0.15, 0.2) is 0 Å². The number of nitrogens with one attached hydrogen (secondary N) is 1. The number of thioether (sulfide) groups is 1. The first-order valence-electron chi connectivity index (χ1n) is 4.08. The van der Waals surface area contributed by atoms with Gasteiger partial charge in [-0.25, -0.2) is 0 Å². The van der Waals surface area contributed by atoms with Crippen LogP contribution in [0.1, 0.15) is 25.5 Å². The van der Waals surface area contributed by atoms with Crippen LogP contribution in [-0.2, 0) is 5.75 Å². The van der Waals surface area contributed by atoms with Gasteiger partial charge in [0.2, 0.25) is 0 Å². The van der Waals surface area contributed by atoms with Gasteiger partial charge >= 0.3 is 0 Å². The summed E-state index contributed by atoms with van der Waals surface area (Å²) in [4.78, 5) is 10.6. The molecule has 0 atom stereocenters. The molecule has 0 aliphatic rings. The molecule has 1 N–H and O–H groups in total. The van der Waals surface area contributed by atoms with Crippen molar-refractivity contribution in [2.24, 2.45) is 0 Å². The summed E-state index contributed by atoms with van der Waals surface area (Å²) >= 11 is 1.79. The predicted molar refractivity (Wildman–Crippen MR) is 50.4 cm³/mol. The highest BCUT2D eigenvalue weighted by atomic mass is 32.2. The van der Waals surface area contributed by atoms with E-state index < -0.39 is 0 Å². The Labute approximate surface area is 75.5 Å². The highest BCUT2D eigenvalue weighted by molar-refractivity contribution is 7.98. The third kappa shape index (κ3) is 3.17. The average Bonchev–Trinajstić information content (AvgIpc) is 2.45. The van der Waals surface area contributed by atoms with Crippen LogP contribution in [0.3, 0.4) is 0 Å². The molecule has 0 aliphatic heterocycles. The number of hydrogen-bond acceptors (Lipinski definition) is 3. The van der Waals surface area contributed by atoms with Crippen LogP contribution in [0, 0.1) is 0 Å². The Balaban J connectivity index is 2.20. The molecule has 0 saturated heterocycles. The second-order valence-corrected chi connectivity index (χ2v) is 3.69. The fourth-order valence-electron chi connectivity index (χ4n) is 0.811. The first kappa shape index (κ1) is 9.45. The molecule has 0 unspecified atom stereocenters. The first-order valence-corrected chi connectivity index (χ1v) is 5.23. The van der Waals surface area contributed by atoms with Crippen LogP contribution in [0.2, 0.25) is 0 Å². The van der Waals surface area contributed by atoms with Gasteiger partial charge in [0.05, 0.1) is 5.75 Å². The molecule has 4 heteroatoms. The van der Waals surface area contributed by atoms with Crippen LogP contribution >= 0.6 is 11.8 Å². The van der Waals surface area contributed by atoms with Crippen molar-refractivity contribution in [1.82, 2.24) is 5.16 Å². The van der Waals surface area contributed by atoms with E-state index in [1.165, 1.54) is 18.9 Å². The highest BCUT2D eigenvalue weighted by Crippen LogP contribution is 2.11. The van der Waals surface area contributed by atoms with Crippen LogP contribution in [0.15, 0.2) is 15.4 Å². The van der Waals surface area contributed by atoms with Crippen molar-refractivity contribution in [3.8, 4) is 0 Å². The van der Waals surface area contributed by atoms with Crippen molar-refractivity contribution in [2.45, 2.75) is 25.5 Å². The number of hydrogen-bond donors (Lipinski definition) is 1. The molecule has 0 fully saturated rings. The second-order valence-electron chi connectivity index (χ2n) is 2.59. The van der Waals surface area contributed by atoms with Crippen molar-refractivity contribution in [3.05, 3.63) is 22.2 Å². The zero-order valence-electron chi connectivity index (χ0n) is 7.13. The largest absolute Gasteiger partial charge is 0.383 e. The summed E-state index contributed by atoms with van der Waals surface area (Å²) in [5.74, 6) is 2.66. The molecule has 0 spiro atoms. The van der Waals surface area contributed by atoms with Crippen molar-refractivity contribution >= 4 is 11.8 Å². The molecule has 0 radical (unpaired) electrons. The topological polar surface area (TPSA) is 46.0 Å². The van der Waals surface area contributed by atoms with Gasteiger partial charge in [0.1, 0.15) is 5.76 Å². The highest BCUT2D eigenvalue weighted by Gasteiger charge is 1.98. The predicted octanol–water partition coefficient (Wildman–Crippen LogP) is 2.00. The monoisotopic (exact) mass is 187 g/mol. The molecule has 1 heterocycles. The SMILES string of the molecule is CCCCSCc1cc(=O)[nH]o1. The Bertz CT molecular complexity index is 266. The number of H-pyrrole nitrogens is 1. The summed E-state index contributed by atoms with van der Waals surface area (Å²) in [6, 6.07) is 1.50. The van der Waals surface area contributed by atoms with Crippen molar-refractivity contribution in [3.63, 3.8) is 0 Å². The standard InChI is InChI=1S/C8H13NO2S/c1-2-3-4-12-6-7-5-8(10)9-11-7/h5H,2-4,6H2,1H3,(H,9,10). The van der Waals surface area contributed by atoms with E-state index in [-0.39, 0.29) is 5.56 Å². The lowest BCUT2D eigenvalue weighted by Crippen LogP contribution is -1.92. The molecular formula is C8H13NO2S. The minimum Gasteiger partial charge on any atom is -0.383 e. The first-order chi connectivity index (χ1) is 5.83.